The van der Waals surface area contributed by atoms with E-state index in [-0.39, 0.29) is 6.04 Å². The van der Waals surface area contributed by atoms with Crippen molar-refractivity contribution in [1.29, 1.82) is 0 Å². The molecule has 0 amide bonds. The summed E-state index contributed by atoms with van der Waals surface area (Å²) in [5.41, 5.74) is 7.46. The molecule has 2 heterocycles. The molecule has 0 aromatic carbocycles. The number of piperazine rings is 1. The van der Waals surface area contributed by atoms with Crippen molar-refractivity contribution in [3.8, 4) is 5.75 Å². The Bertz CT molecular complexity index is 412. The van der Waals surface area contributed by atoms with Crippen LogP contribution in [0.4, 0.5) is 0 Å². The van der Waals surface area contributed by atoms with E-state index in [9.17, 15) is 0 Å². The summed E-state index contributed by atoms with van der Waals surface area (Å²) in [6, 6.07) is 2.28. The van der Waals surface area contributed by atoms with E-state index in [4.69, 9.17) is 10.5 Å². The zero-order valence-corrected chi connectivity index (χ0v) is 12.0. The highest BCUT2D eigenvalue weighted by molar-refractivity contribution is 5.27. The Kier molecular flexibility index (Phi) is 4.74. The van der Waals surface area contributed by atoms with Crippen LogP contribution in [0.2, 0.25) is 0 Å². The molecule has 1 aliphatic heterocycles. The molecule has 0 spiro atoms. The molecule has 19 heavy (non-hydrogen) atoms. The number of nitrogens with two attached hydrogens (primary N) is 1. The summed E-state index contributed by atoms with van der Waals surface area (Å²) < 4.78 is 5.49. The van der Waals surface area contributed by atoms with Gasteiger partial charge in [-0.3, -0.25) is 9.88 Å². The average molecular weight is 264 g/mol. The number of aromatic nitrogens is 1. The number of hydrogen-bond donors (Lipinski definition) is 1. The fraction of sp³-hybridized carbons (Fsp3) is 0.643. The first-order valence-electron chi connectivity index (χ1n) is 6.84. The molecule has 2 rings (SSSR count). The Morgan fingerprint density at radius 3 is 2.95 bits per heavy atom. The lowest BCUT2D eigenvalue weighted by Gasteiger charge is -2.40. The highest BCUT2D eigenvalue weighted by Crippen LogP contribution is 2.23. The number of hydrogen-bond acceptors (Lipinski definition) is 5. The minimum absolute atomic E-state index is 0.0411. The second kappa shape index (κ2) is 6.32. The van der Waals surface area contributed by atoms with Gasteiger partial charge >= 0.3 is 0 Å². The maximum atomic E-state index is 6.42. The Morgan fingerprint density at radius 1 is 1.42 bits per heavy atom. The smallest absolute Gasteiger partial charge is 0.137 e. The van der Waals surface area contributed by atoms with Gasteiger partial charge in [-0.15, -0.1) is 0 Å². The molecule has 2 N–H and O–H groups in total. The molecular weight excluding hydrogens is 240 g/mol. The van der Waals surface area contributed by atoms with Crippen molar-refractivity contribution in [2.75, 3.05) is 40.3 Å². The Hall–Kier alpha value is -1.17. The van der Waals surface area contributed by atoms with Crippen LogP contribution in [0.25, 0.3) is 0 Å². The molecule has 1 aromatic rings. The van der Waals surface area contributed by atoms with Gasteiger partial charge in [-0.1, -0.05) is 0 Å². The fourth-order valence-corrected chi connectivity index (χ4v) is 2.52. The van der Waals surface area contributed by atoms with Crippen LogP contribution in [-0.4, -0.2) is 61.2 Å². The SMILES string of the molecule is CCOc1cncc(C(N)C2CN(C)CCN2C)c1. The summed E-state index contributed by atoms with van der Waals surface area (Å²) in [7, 11) is 4.28. The van der Waals surface area contributed by atoms with E-state index in [0.29, 0.717) is 12.6 Å². The van der Waals surface area contributed by atoms with Crippen molar-refractivity contribution in [3.05, 3.63) is 24.0 Å². The van der Waals surface area contributed by atoms with Crippen molar-refractivity contribution in [1.82, 2.24) is 14.8 Å². The summed E-state index contributed by atoms with van der Waals surface area (Å²) in [6.45, 7) is 5.74. The Balaban J connectivity index is 2.13. The predicted molar refractivity (Wildman–Crippen MR) is 76.2 cm³/mol. The number of rotatable bonds is 4. The number of nitrogens with zero attached hydrogens (tertiary/aromatic N) is 3. The van der Waals surface area contributed by atoms with Gasteiger partial charge in [-0.25, -0.2) is 0 Å². The molecule has 0 radical (unpaired) electrons. The first kappa shape index (κ1) is 14.2. The monoisotopic (exact) mass is 264 g/mol. The van der Waals surface area contributed by atoms with E-state index >= 15 is 0 Å². The highest BCUT2D eigenvalue weighted by atomic mass is 16.5. The zero-order valence-electron chi connectivity index (χ0n) is 12.0. The largest absolute Gasteiger partial charge is 0.492 e. The third kappa shape index (κ3) is 3.43. The van der Waals surface area contributed by atoms with Crippen LogP contribution in [0.3, 0.4) is 0 Å². The highest BCUT2D eigenvalue weighted by Gasteiger charge is 2.28. The maximum Gasteiger partial charge on any atom is 0.137 e. The van der Waals surface area contributed by atoms with E-state index in [1.807, 2.05) is 19.2 Å². The van der Waals surface area contributed by atoms with E-state index < -0.39 is 0 Å². The Morgan fingerprint density at radius 2 is 2.21 bits per heavy atom. The van der Waals surface area contributed by atoms with Gasteiger partial charge in [0, 0.05) is 37.9 Å². The average Bonchev–Trinajstić information content (AvgIpc) is 2.41. The third-order valence-electron chi connectivity index (χ3n) is 3.74. The van der Waals surface area contributed by atoms with E-state index in [1.54, 1.807) is 6.20 Å². The molecule has 0 bridgehead atoms. The fourth-order valence-electron chi connectivity index (χ4n) is 2.52. The first-order valence-corrected chi connectivity index (χ1v) is 6.84. The molecule has 2 unspecified atom stereocenters. The second-order valence-corrected chi connectivity index (χ2v) is 5.22. The van der Waals surface area contributed by atoms with Crippen molar-refractivity contribution in [3.63, 3.8) is 0 Å². The molecule has 2 atom stereocenters. The molecule has 0 aliphatic carbocycles. The minimum Gasteiger partial charge on any atom is -0.492 e. The zero-order chi connectivity index (χ0) is 13.8. The van der Waals surface area contributed by atoms with Crippen LogP contribution in [0.5, 0.6) is 5.75 Å². The topological polar surface area (TPSA) is 54.6 Å². The van der Waals surface area contributed by atoms with Crippen molar-refractivity contribution in [2.45, 2.75) is 19.0 Å². The van der Waals surface area contributed by atoms with Gasteiger partial charge in [-0.2, -0.15) is 0 Å². The predicted octanol–water partition coefficient (Wildman–Crippen LogP) is 0.726. The van der Waals surface area contributed by atoms with Gasteiger partial charge in [0.2, 0.25) is 0 Å². The van der Waals surface area contributed by atoms with Crippen LogP contribution in [0.1, 0.15) is 18.5 Å². The summed E-state index contributed by atoms with van der Waals surface area (Å²) >= 11 is 0. The van der Waals surface area contributed by atoms with Crippen LogP contribution < -0.4 is 10.5 Å². The molecule has 106 valence electrons. The van der Waals surface area contributed by atoms with Crippen molar-refractivity contribution >= 4 is 0 Å². The molecule has 1 aliphatic rings. The van der Waals surface area contributed by atoms with Gasteiger partial charge in [-0.05, 0) is 32.6 Å². The van der Waals surface area contributed by atoms with Crippen LogP contribution in [0, 0.1) is 0 Å². The normalized spacial score (nSPS) is 23.3. The number of pyridine rings is 1. The number of ether oxygens (including phenoxy) is 1. The van der Waals surface area contributed by atoms with E-state index in [0.717, 1.165) is 30.9 Å². The standard InChI is InChI=1S/C14H24N4O/c1-4-19-12-7-11(8-16-9-12)14(15)13-10-17(2)5-6-18(13)3/h7-9,13-14H,4-6,10,15H2,1-3H3. The van der Waals surface area contributed by atoms with E-state index in [1.165, 1.54) is 0 Å². The molecule has 5 heteroatoms. The maximum absolute atomic E-state index is 6.42. The molecule has 1 saturated heterocycles. The summed E-state index contributed by atoms with van der Waals surface area (Å²) in [5, 5.41) is 0. The van der Waals surface area contributed by atoms with Crippen molar-refractivity contribution in [2.24, 2.45) is 5.73 Å². The van der Waals surface area contributed by atoms with Crippen LogP contribution >= 0.6 is 0 Å². The van der Waals surface area contributed by atoms with Gasteiger partial charge < -0.3 is 15.4 Å². The van der Waals surface area contributed by atoms with Gasteiger partial charge in [0.15, 0.2) is 0 Å². The molecule has 0 saturated carbocycles. The Labute approximate surface area is 115 Å². The van der Waals surface area contributed by atoms with Crippen LogP contribution in [0.15, 0.2) is 18.5 Å². The lowest BCUT2D eigenvalue weighted by molar-refractivity contribution is 0.0972. The van der Waals surface area contributed by atoms with E-state index in [2.05, 4.69) is 28.9 Å². The second-order valence-electron chi connectivity index (χ2n) is 5.22. The summed E-state index contributed by atoms with van der Waals surface area (Å²) in [6.07, 6.45) is 3.58. The minimum atomic E-state index is -0.0411. The van der Waals surface area contributed by atoms with Crippen molar-refractivity contribution < 1.29 is 4.74 Å². The quantitative estimate of drug-likeness (QED) is 0.868. The lowest BCUT2D eigenvalue weighted by atomic mass is 9.98. The molecule has 5 nitrogen and oxygen atoms in total. The molecule has 1 fully saturated rings. The van der Waals surface area contributed by atoms with Gasteiger partial charge in [0.1, 0.15) is 5.75 Å². The summed E-state index contributed by atoms with van der Waals surface area (Å²) in [4.78, 5) is 8.88. The number of likely N-dealkylation sites (N-methyl/N-ethyl adjacent to an activating group) is 2. The molecular formula is C14H24N4O. The van der Waals surface area contributed by atoms with Gasteiger partial charge in [0.25, 0.3) is 0 Å². The third-order valence-corrected chi connectivity index (χ3v) is 3.74. The summed E-state index contributed by atoms with van der Waals surface area (Å²) in [5.74, 6) is 0.794. The molecule has 1 aromatic heterocycles. The first-order chi connectivity index (χ1) is 9.11. The van der Waals surface area contributed by atoms with Gasteiger partial charge in [0.05, 0.1) is 12.8 Å². The van der Waals surface area contributed by atoms with Crippen LogP contribution in [-0.2, 0) is 0 Å². The lowest BCUT2D eigenvalue weighted by Crippen LogP contribution is -2.54.